The highest BCUT2D eigenvalue weighted by molar-refractivity contribution is 8.15. The molecule has 1 atom stereocenters. The van der Waals surface area contributed by atoms with Gasteiger partial charge in [0.1, 0.15) is 0 Å². The number of thioether (sulfide) groups is 1. The number of aryl methyl sites for hydroxylation is 1. The Kier molecular flexibility index (Phi) is 3.81. The number of carbonyl (C=O) groups is 1. The van der Waals surface area contributed by atoms with Gasteiger partial charge in [0.25, 0.3) is 0 Å². The summed E-state index contributed by atoms with van der Waals surface area (Å²) in [5.41, 5.74) is 3.08. The minimum absolute atomic E-state index is 0.0121. The van der Waals surface area contributed by atoms with Crippen LogP contribution in [-0.4, -0.2) is 22.0 Å². The normalized spacial score (nSPS) is 22.4. The molecule has 0 aliphatic carbocycles. The first kappa shape index (κ1) is 12.8. The van der Waals surface area contributed by atoms with Gasteiger partial charge in [-0.1, -0.05) is 41.6 Å². The Labute approximate surface area is 111 Å². The van der Waals surface area contributed by atoms with Crippen molar-refractivity contribution in [2.45, 2.75) is 26.0 Å². The Balaban J connectivity index is 2.12. The molecule has 1 aliphatic heterocycles. The van der Waals surface area contributed by atoms with Crippen LogP contribution >= 0.6 is 11.8 Å². The second kappa shape index (κ2) is 5.35. The molecular formula is C13H15N3OS. The van der Waals surface area contributed by atoms with Crippen molar-refractivity contribution in [3.05, 3.63) is 35.4 Å². The maximum absolute atomic E-state index is 11.3. The summed E-state index contributed by atoms with van der Waals surface area (Å²) in [6.07, 6.45) is 0. The molecule has 1 N–H and O–H groups in total. The van der Waals surface area contributed by atoms with Crippen LogP contribution in [0.3, 0.4) is 0 Å². The molecule has 1 aliphatic rings. The quantitative estimate of drug-likeness (QED) is 0.656. The number of hydrogen-bond acceptors (Lipinski definition) is 4. The molecule has 1 aromatic carbocycles. The van der Waals surface area contributed by atoms with Crippen LogP contribution in [0.25, 0.3) is 0 Å². The molecule has 0 bridgehead atoms. The number of carbonyl (C=O) groups excluding carboxylic acids is 1. The number of hydrogen-bond donors (Lipinski definition) is 1. The predicted molar refractivity (Wildman–Crippen MR) is 76.0 cm³/mol. The van der Waals surface area contributed by atoms with E-state index >= 15 is 0 Å². The van der Waals surface area contributed by atoms with Gasteiger partial charge in [-0.15, -0.1) is 5.10 Å². The van der Waals surface area contributed by atoms with Crippen molar-refractivity contribution in [2.75, 3.05) is 0 Å². The Morgan fingerprint density at radius 1 is 1.33 bits per heavy atom. The molecule has 94 valence electrons. The molecule has 1 saturated heterocycles. The van der Waals surface area contributed by atoms with Crippen molar-refractivity contribution in [1.82, 2.24) is 5.32 Å². The first-order valence-corrected chi connectivity index (χ1v) is 6.61. The van der Waals surface area contributed by atoms with Crippen LogP contribution < -0.4 is 5.32 Å². The number of nitrogens with one attached hydrogen (secondary N) is 1. The molecule has 2 rings (SSSR count). The molecule has 0 spiro atoms. The van der Waals surface area contributed by atoms with Crippen LogP contribution in [-0.2, 0) is 4.79 Å². The van der Waals surface area contributed by atoms with Gasteiger partial charge in [0.2, 0.25) is 5.91 Å². The summed E-state index contributed by atoms with van der Waals surface area (Å²) < 4.78 is 0. The topological polar surface area (TPSA) is 53.8 Å². The highest BCUT2D eigenvalue weighted by Gasteiger charge is 2.25. The largest absolute Gasteiger partial charge is 0.303 e. The SMILES string of the molecule is C/C(=N/N=C1/NC(=O)[C@@H](C)S1)c1ccc(C)cc1. The zero-order valence-corrected chi connectivity index (χ0v) is 11.4. The van der Waals surface area contributed by atoms with E-state index in [9.17, 15) is 4.79 Å². The molecule has 1 aromatic rings. The third kappa shape index (κ3) is 2.98. The molecule has 18 heavy (non-hydrogen) atoms. The van der Waals surface area contributed by atoms with Crippen LogP contribution in [0.5, 0.6) is 0 Å². The van der Waals surface area contributed by atoms with E-state index in [1.807, 2.05) is 45.0 Å². The van der Waals surface area contributed by atoms with E-state index in [4.69, 9.17) is 0 Å². The maximum atomic E-state index is 11.3. The average Bonchev–Trinajstić information content (AvgIpc) is 2.67. The summed E-state index contributed by atoms with van der Waals surface area (Å²) in [6, 6.07) is 8.10. The summed E-state index contributed by atoms with van der Waals surface area (Å²) in [7, 11) is 0. The van der Waals surface area contributed by atoms with Crippen LogP contribution in [0.2, 0.25) is 0 Å². The minimum Gasteiger partial charge on any atom is -0.303 e. The van der Waals surface area contributed by atoms with Gasteiger partial charge in [-0.25, -0.2) is 0 Å². The third-order valence-electron chi connectivity index (χ3n) is 2.65. The maximum Gasteiger partial charge on any atom is 0.239 e. The summed E-state index contributed by atoms with van der Waals surface area (Å²) in [5, 5.41) is 11.4. The first-order valence-electron chi connectivity index (χ1n) is 5.73. The monoisotopic (exact) mass is 261 g/mol. The lowest BCUT2D eigenvalue weighted by molar-refractivity contribution is -0.118. The lowest BCUT2D eigenvalue weighted by atomic mass is 10.1. The Morgan fingerprint density at radius 2 is 2.00 bits per heavy atom. The molecule has 0 radical (unpaired) electrons. The zero-order chi connectivity index (χ0) is 13.1. The minimum atomic E-state index is -0.0846. The van der Waals surface area contributed by atoms with Crippen LogP contribution in [0.4, 0.5) is 0 Å². The molecule has 4 nitrogen and oxygen atoms in total. The van der Waals surface area contributed by atoms with Crippen LogP contribution in [0, 0.1) is 6.92 Å². The number of amides is 1. The Morgan fingerprint density at radius 3 is 2.56 bits per heavy atom. The molecule has 5 heteroatoms. The second-order valence-corrected chi connectivity index (χ2v) is 5.54. The van der Waals surface area contributed by atoms with Gasteiger partial charge < -0.3 is 5.32 Å². The summed E-state index contributed by atoms with van der Waals surface area (Å²) >= 11 is 1.40. The van der Waals surface area contributed by atoms with Crippen LogP contribution in [0.15, 0.2) is 34.5 Å². The van der Waals surface area contributed by atoms with E-state index in [0.717, 1.165) is 11.3 Å². The van der Waals surface area contributed by atoms with Crippen molar-refractivity contribution >= 4 is 28.5 Å². The lowest BCUT2D eigenvalue weighted by Crippen LogP contribution is -2.23. The van der Waals surface area contributed by atoms with Gasteiger partial charge in [0, 0.05) is 0 Å². The van der Waals surface area contributed by atoms with Gasteiger partial charge in [-0.2, -0.15) is 5.10 Å². The number of benzene rings is 1. The number of rotatable bonds is 2. The van der Waals surface area contributed by atoms with Crippen molar-refractivity contribution < 1.29 is 4.79 Å². The Bertz CT molecular complexity index is 520. The molecular weight excluding hydrogens is 246 g/mol. The number of amidine groups is 1. The zero-order valence-electron chi connectivity index (χ0n) is 10.6. The molecule has 1 amide bonds. The molecule has 0 unspecified atom stereocenters. The molecule has 1 fully saturated rings. The van der Waals surface area contributed by atoms with Gasteiger partial charge >= 0.3 is 0 Å². The fraction of sp³-hybridized carbons (Fsp3) is 0.308. The molecule has 0 aromatic heterocycles. The summed E-state index contributed by atoms with van der Waals surface area (Å²) in [4.78, 5) is 11.3. The number of nitrogens with zero attached hydrogens (tertiary/aromatic N) is 2. The van der Waals surface area contributed by atoms with Crippen molar-refractivity contribution in [3.8, 4) is 0 Å². The second-order valence-electron chi connectivity index (χ2n) is 4.21. The van der Waals surface area contributed by atoms with E-state index in [1.165, 1.54) is 17.3 Å². The highest BCUT2D eigenvalue weighted by atomic mass is 32.2. The summed E-state index contributed by atoms with van der Waals surface area (Å²) in [5.74, 6) is -0.0121. The van der Waals surface area contributed by atoms with E-state index in [-0.39, 0.29) is 11.2 Å². The van der Waals surface area contributed by atoms with Gasteiger partial charge in [-0.05, 0) is 26.3 Å². The van der Waals surface area contributed by atoms with Crippen molar-refractivity contribution in [1.29, 1.82) is 0 Å². The fourth-order valence-corrected chi connectivity index (χ4v) is 2.23. The van der Waals surface area contributed by atoms with Crippen molar-refractivity contribution in [2.24, 2.45) is 10.2 Å². The predicted octanol–water partition coefficient (Wildman–Crippen LogP) is 2.33. The van der Waals surface area contributed by atoms with Gasteiger partial charge in [0.15, 0.2) is 5.17 Å². The van der Waals surface area contributed by atoms with Crippen molar-refractivity contribution in [3.63, 3.8) is 0 Å². The van der Waals surface area contributed by atoms with E-state index in [2.05, 4.69) is 15.5 Å². The standard InChI is InChI=1S/C13H15N3OS/c1-8-4-6-11(7-5-8)9(2)15-16-13-14-12(17)10(3)18-13/h4-7,10H,1-3H3,(H,14,16,17)/b15-9-/t10-/m1/s1. The third-order valence-corrected chi connectivity index (χ3v) is 3.62. The Hall–Kier alpha value is -1.62. The van der Waals surface area contributed by atoms with E-state index in [0.29, 0.717) is 5.17 Å². The fourth-order valence-electron chi connectivity index (χ4n) is 1.48. The first-order chi connectivity index (χ1) is 8.56. The molecule has 0 saturated carbocycles. The van der Waals surface area contributed by atoms with E-state index < -0.39 is 0 Å². The van der Waals surface area contributed by atoms with Crippen LogP contribution in [0.1, 0.15) is 25.0 Å². The highest BCUT2D eigenvalue weighted by Crippen LogP contribution is 2.18. The van der Waals surface area contributed by atoms with Gasteiger partial charge in [-0.3, -0.25) is 4.79 Å². The average molecular weight is 261 g/mol. The smallest absolute Gasteiger partial charge is 0.239 e. The van der Waals surface area contributed by atoms with Gasteiger partial charge in [0.05, 0.1) is 11.0 Å². The summed E-state index contributed by atoms with van der Waals surface area (Å²) in [6.45, 7) is 5.79. The lowest BCUT2D eigenvalue weighted by Gasteiger charge is -1.99. The molecule has 1 heterocycles. The van der Waals surface area contributed by atoms with E-state index in [1.54, 1.807) is 0 Å².